The molecule has 0 unspecified atom stereocenters. The largest absolute Gasteiger partial charge is 0.480 e. The Balaban J connectivity index is 1.64. The lowest BCUT2D eigenvalue weighted by Gasteiger charge is -2.33. The predicted molar refractivity (Wildman–Crippen MR) is 95.3 cm³/mol. The Morgan fingerprint density at radius 1 is 1.29 bits per heavy atom. The van der Waals surface area contributed by atoms with Gasteiger partial charge in [0.2, 0.25) is 5.88 Å². The summed E-state index contributed by atoms with van der Waals surface area (Å²) in [5.74, 6) is 0.275. The van der Waals surface area contributed by atoms with Gasteiger partial charge in [-0.05, 0) is 31.9 Å². The summed E-state index contributed by atoms with van der Waals surface area (Å²) in [7, 11) is 1.44. The summed E-state index contributed by atoms with van der Waals surface area (Å²) in [6.07, 6.45) is -1.82. The topological polar surface area (TPSA) is 80.2 Å². The van der Waals surface area contributed by atoms with E-state index >= 15 is 0 Å². The van der Waals surface area contributed by atoms with Crippen LogP contribution >= 0.6 is 0 Å². The third-order valence-electron chi connectivity index (χ3n) is 4.48. The van der Waals surface area contributed by atoms with Gasteiger partial charge in [0.05, 0.1) is 7.11 Å². The average molecular weight is 395 g/mol. The van der Waals surface area contributed by atoms with Crippen LogP contribution in [-0.2, 0) is 6.18 Å². The molecule has 10 heteroatoms. The number of anilines is 1. The molecule has 1 saturated heterocycles. The maximum Gasteiger partial charge on any atom is 0.433 e. The zero-order chi connectivity index (χ0) is 20.3. The van der Waals surface area contributed by atoms with Crippen molar-refractivity contribution in [2.75, 3.05) is 25.1 Å². The number of alkyl halides is 3. The number of pyridine rings is 1. The molecular weight excluding hydrogens is 375 g/mol. The van der Waals surface area contributed by atoms with E-state index in [-0.39, 0.29) is 29.5 Å². The fourth-order valence-corrected chi connectivity index (χ4v) is 3.10. The van der Waals surface area contributed by atoms with Gasteiger partial charge in [0.25, 0.3) is 5.91 Å². The monoisotopic (exact) mass is 395 g/mol. The second kappa shape index (κ2) is 7.99. The van der Waals surface area contributed by atoms with Crippen molar-refractivity contribution in [3.8, 4) is 5.88 Å². The molecule has 0 saturated carbocycles. The number of carbonyl (C=O) groups excluding carboxylic acids is 1. The molecule has 0 radical (unpaired) electrons. The number of methoxy groups -OCH3 is 1. The Kier molecular flexibility index (Phi) is 5.66. The summed E-state index contributed by atoms with van der Waals surface area (Å²) in [6.45, 7) is 2.39. The summed E-state index contributed by atoms with van der Waals surface area (Å²) < 4.78 is 44.0. The number of halogens is 3. The molecule has 0 aliphatic carbocycles. The van der Waals surface area contributed by atoms with Crippen LogP contribution in [0.4, 0.5) is 19.0 Å². The first kappa shape index (κ1) is 19.8. The highest BCUT2D eigenvalue weighted by atomic mass is 19.4. The number of nitrogens with zero attached hydrogens (tertiary/aromatic N) is 4. The number of ether oxygens (including phenoxy) is 1. The normalized spacial score (nSPS) is 15.4. The van der Waals surface area contributed by atoms with Gasteiger partial charge < -0.3 is 15.0 Å². The minimum absolute atomic E-state index is 0.0731. The highest BCUT2D eigenvalue weighted by Gasteiger charge is 2.34. The van der Waals surface area contributed by atoms with Gasteiger partial charge in [0, 0.05) is 31.4 Å². The van der Waals surface area contributed by atoms with Gasteiger partial charge in [-0.25, -0.2) is 15.0 Å². The van der Waals surface area contributed by atoms with Gasteiger partial charge in [0.1, 0.15) is 22.9 Å². The Morgan fingerprint density at radius 3 is 2.64 bits per heavy atom. The number of hydrogen-bond donors (Lipinski definition) is 1. The summed E-state index contributed by atoms with van der Waals surface area (Å²) in [5.41, 5.74) is -0.609. The van der Waals surface area contributed by atoms with Gasteiger partial charge >= 0.3 is 6.18 Å². The molecular formula is C18H20F3N5O2. The molecule has 3 rings (SSSR count). The van der Waals surface area contributed by atoms with Gasteiger partial charge in [-0.3, -0.25) is 4.79 Å². The molecule has 1 amide bonds. The molecule has 0 aromatic carbocycles. The number of nitrogens with one attached hydrogen (secondary N) is 1. The second-order valence-corrected chi connectivity index (χ2v) is 6.45. The smallest absolute Gasteiger partial charge is 0.433 e. The van der Waals surface area contributed by atoms with E-state index in [9.17, 15) is 18.0 Å². The average Bonchev–Trinajstić information content (AvgIpc) is 2.67. The van der Waals surface area contributed by atoms with Crippen molar-refractivity contribution < 1.29 is 22.7 Å². The maximum atomic E-state index is 13.0. The zero-order valence-electron chi connectivity index (χ0n) is 15.5. The van der Waals surface area contributed by atoms with Gasteiger partial charge in [-0.2, -0.15) is 13.2 Å². The molecule has 2 aromatic heterocycles. The predicted octanol–water partition coefficient (Wildman–Crippen LogP) is 2.61. The highest BCUT2D eigenvalue weighted by molar-refractivity contribution is 5.96. The van der Waals surface area contributed by atoms with E-state index in [4.69, 9.17) is 4.74 Å². The molecule has 7 nitrogen and oxygen atoms in total. The lowest BCUT2D eigenvalue weighted by Crippen LogP contribution is -2.45. The van der Waals surface area contributed by atoms with Crippen molar-refractivity contribution >= 4 is 11.7 Å². The molecule has 1 fully saturated rings. The Labute approximate surface area is 160 Å². The zero-order valence-corrected chi connectivity index (χ0v) is 15.5. The van der Waals surface area contributed by atoms with Crippen molar-refractivity contribution in [3.05, 3.63) is 41.5 Å². The van der Waals surface area contributed by atoms with Gasteiger partial charge in [-0.1, -0.05) is 0 Å². The molecule has 150 valence electrons. The van der Waals surface area contributed by atoms with Crippen molar-refractivity contribution in [2.24, 2.45) is 0 Å². The first-order valence-electron chi connectivity index (χ1n) is 8.75. The number of amides is 1. The number of hydrogen-bond acceptors (Lipinski definition) is 6. The highest BCUT2D eigenvalue weighted by Crippen LogP contribution is 2.30. The Hall–Kier alpha value is -2.91. The molecule has 3 heterocycles. The Morgan fingerprint density at radius 2 is 2.00 bits per heavy atom. The van der Waals surface area contributed by atoms with E-state index in [0.717, 1.165) is 6.07 Å². The van der Waals surface area contributed by atoms with Crippen LogP contribution in [0.15, 0.2) is 24.4 Å². The molecule has 28 heavy (non-hydrogen) atoms. The van der Waals surface area contributed by atoms with E-state index in [1.165, 1.54) is 20.2 Å². The van der Waals surface area contributed by atoms with E-state index in [2.05, 4.69) is 20.3 Å². The first-order valence-corrected chi connectivity index (χ1v) is 8.75. The molecule has 0 spiro atoms. The van der Waals surface area contributed by atoms with E-state index in [1.807, 2.05) is 0 Å². The fourth-order valence-electron chi connectivity index (χ4n) is 3.10. The van der Waals surface area contributed by atoms with Crippen LogP contribution in [0.1, 0.15) is 34.7 Å². The third-order valence-corrected chi connectivity index (χ3v) is 4.48. The first-order chi connectivity index (χ1) is 13.3. The van der Waals surface area contributed by atoms with Crippen LogP contribution in [-0.4, -0.2) is 47.1 Å². The van der Waals surface area contributed by atoms with Crippen LogP contribution in [0.2, 0.25) is 0 Å². The maximum absolute atomic E-state index is 13.0. The number of rotatable bonds is 4. The van der Waals surface area contributed by atoms with Gasteiger partial charge in [-0.15, -0.1) is 0 Å². The van der Waals surface area contributed by atoms with Crippen molar-refractivity contribution in [1.82, 2.24) is 20.3 Å². The van der Waals surface area contributed by atoms with Crippen molar-refractivity contribution in [1.29, 1.82) is 0 Å². The fraction of sp³-hybridized carbons (Fsp3) is 0.444. The lowest BCUT2D eigenvalue weighted by atomic mass is 10.0. The quantitative estimate of drug-likeness (QED) is 0.857. The minimum Gasteiger partial charge on any atom is -0.480 e. The second-order valence-electron chi connectivity index (χ2n) is 6.45. The summed E-state index contributed by atoms with van der Waals surface area (Å²) in [4.78, 5) is 25.8. The van der Waals surface area contributed by atoms with E-state index < -0.39 is 11.9 Å². The van der Waals surface area contributed by atoms with Crippen molar-refractivity contribution in [2.45, 2.75) is 32.0 Å². The summed E-state index contributed by atoms with van der Waals surface area (Å²) in [5, 5.41) is 2.93. The van der Waals surface area contributed by atoms with E-state index in [0.29, 0.717) is 31.5 Å². The number of aryl methyl sites for hydroxylation is 1. The molecule has 0 bridgehead atoms. The number of carbonyl (C=O) groups is 1. The summed E-state index contributed by atoms with van der Waals surface area (Å²) >= 11 is 0. The SMILES string of the molecule is COc1ncccc1C(=O)NC1CCN(c2cc(C(F)(F)F)nc(C)n2)CC1. The Bertz CT molecular complexity index is 851. The number of aromatic nitrogens is 3. The number of piperidine rings is 1. The van der Waals surface area contributed by atoms with Crippen molar-refractivity contribution in [3.63, 3.8) is 0 Å². The minimum atomic E-state index is -4.52. The molecule has 1 aliphatic rings. The van der Waals surface area contributed by atoms with Crippen LogP contribution < -0.4 is 15.0 Å². The van der Waals surface area contributed by atoms with Crippen LogP contribution in [0.3, 0.4) is 0 Å². The third kappa shape index (κ3) is 4.49. The van der Waals surface area contributed by atoms with Crippen LogP contribution in [0, 0.1) is 6.92 Å². The molecule has 0 atom stereocenters. The molecule has 1 N–H and O–H groups in total. The molecule has 2 aromatic rings. The summed E-state index contributed by atoms with van der Waals surface area (Å²) in [6, 6.07) is 4.14. The van der Waals surface area contributed by atoms with Crippen LogP contribution in [0.5, 0.6) is 5.88 Å². The van der Waals surface area contributed by atoms with Gasteiger partial charge in [0.15, 0.2) is 0 Å². The van der Waals surface area contributed by atoms with E-state index in [1.54, 1.807) is 17.0 Å². The lowest BCUT2D eigenvalue weighted by molar-refractivity contribution is -0.141. The standard InChI is InChI=1S/C18H20F3N5O2/c1-11-23-14(18(19,20)21)10-15(24-11)26-8-5-12(6-9-26)25-16(27)13-4-3-7-22-17(13)28-2/h3-4,7,10,12H,5-6,8-9H2,1-2H3,(H,25,27). The molecule has 1 aliphatic heterocycles. The van der Waals surface area contributed by atoms with Crippen LogP contribution in [0.25, 0.3) is 0 Å².